The van der Waals surface area contributed by atoms with E-state index in [0.29, 0.717) is 17.5 Å². The van der Waals surface area contributed by atoms with Crippen molar-refractivity contribution < 1.29 is 47.2 Å². The Labute approximate surface area is 355 Å². The van der Waals surface area contributed by atoms with Crippen molar-refractivity contribution >= 4 is 68.3 Å². The predicted octanol–water partition coefficient (Wildman–Crippen LogP) is 3.07. The van der Waals surface area contributed by atoms with Gasteiger partial charge in [0.05, 0.1) is 18.3 Å². The van der Waals surface area contributed by atoms with Gasteiger partial charge in [0.25, 0.3) is 0 Å². The van der Waals surface area contributed by atoms with E-state index in [1.165, 1.54) is 0 Å². The van der Waals surface area contributed by atoms with Crippen LogP contribution >= 0.6 is 7.34 Å². The zero-order valence-electron chi connectivity index (χ0n) is 34.3. The Bertz CT molecular complexity index is 2490. The lowest BCUT2D eigenvalue weighted by Crippen LogP contribution is -2.52. The summed E-state index contributed by atoms with van der Waals surface area (Å²) in [5.41, 5.74) is 2.45. The fourth-order valence-electron chi connectivity index (χ4n) is 6.93. The number of carboxylic acid groups (broad SMARTS) is 1. The molecule has 0 saturated carbocycles. The number of sulfonamides is 1. The molecule has 3 amide bonds. The van der Waals surface area contributed by atoms with Gasteiger partial charge in [0.2, 0.25) is 21.8 Å². The van der Waals surface area contributed by atoms with Gasteiger partial charge in [0, 0.05) is 47.8 Å². The van der Waals surface area contributed by atoms with Crippen LogP contribution in [-0.2, 0) is 48.6 Å². The summed E-state index contributed by atoms with van der Waals surface area (Å²) in [4.78, 5) is 81.8. The number of aliphatic carboxylic acids is 1. The second-order valence-electron chi connectivity index (χ2n) is 15.4. The first kappa shape index (κ1) is 46.6. The molecule has 1 aromatic heterocycles. The number of carbonyl (C=O) groups excluding carboxylic acids is 4. The van der Waals surface area contributed by atoms with E-state index in [1.807, 2.05) is 78.9 Å². The number of alkyl carbamates (subject to hydrolysis) is 1. The van der Waals surface area contributed by atoms with Crippen molar-refractivity contribution in [3.8, 4) is 0 Å². The normalized spacial score (nSPS) is 14.1. The summed E-state index contributed by atoms with van der Waals surface area (Å²) in [6, 6.07) is 26.4. The fraction of sp³-hybridized carbons (Fsp3) is 0.341. The number of aromatic nitrogens is 1. The SMILES string of the molecule is CC(C)C(CP([O-])(O)=C(Cc1ccc2ccccc2c1)NC(=O)[C@H](CCCCNC(=O)OCc1ccccc1)NS(C)(=O)=O)C(=O)N[C@@H](Cc1c[nH]c2ccccc12)C(=O)[O-]. The van der Waals surface area contributed by atoms with Crippen LogP contribution < -0.4 is 30.7 Å². The highest BCUT2D eigenvalue weighted by Crippen LogP contribution is 2.39. The van der Waals surface area contributed by atoms with Crippen molar-refractivity contribution in [1.82, 2.24) is 25.7 Å². The summed E-state index contributed by atoms with van der Waals surface area (Å²) >= 11 is 0. The average Bonchev–Trinajstić information content (AvgIpc) is 3.63. The van der Waals surface area contributed by atoms with E-state index < -0.39 is 71.3 Å². The number of para-hydroxylation sites is 1. The van der Waals surface area contributed by atoms with E-state index in [-0.39, 0.29) is 44.3 Å². The Morgan fingerprint density at radius 1 is 0.852 bits per heavy atom. The molecule has 4 aromatic carbocycles. The van der Waals surface area contributed by atoms with E-state index in [9.17, 15) is 42.5 Å². The fourth-order valence-corrected chi connectivity index (χ4v) is 9.73. The van der Waals surface area contributed by atoms with E-state index in [4.69, 9.17) is 4.74 Å². The standard InChI is InChI=1S/C44H53N5O10PS/c1-29(2)36(41(50)47-39(43(52)53)25-34-26-46-37-18-10-9-17-35(34)37)28-60(55,56)40(24-31-20-21-32-15-7-8-16-33(32)23-31)48-42(51)38(49-61(3,57)58)19-11-12-22-45-44(54)59-27-30-13-5-4-6-14-30/h4-10,13-18,20-21,23,26,29,36,38-39,46,49H,11-12,19,22,24-25,27-28H2,1-3H3,(H5-,45,47,48,50,51,52,53,54,55,56)/q-1/p-1/t36?,38-,39-/m0/s1. The molecule has 5 aromatic rings. The molecule has 61 heavy (non-hydrogen) atoms. The van der Waals surface area contributed by atoms with Gasteiger partial charge in [0.1, 0.15) is 12.6 Å². The molecule has 0 aliphatic rings. The van der Waals surface area contributed by atoms with Crippen LogP contribution in [0, 0.1) is 11.8 Å². The Hall–Kier alpha value is -5.51. The Kier molecular flexibility index (Phi) is 16.3. The van der Waals surface area contributed by atoms with Gasteiger partial charge in [-0.2, -0.15) is 0 Å². The molecule has 0 bridgehead atoms. The molecule has 0 spiro atoms. The predicted molar refractivity (Wildman–Crippen MR) is 232 cm³/mol. The first-order valence-corrected chi connectivity index (χ1v) is 23.7. The van der Waals surface area contributed by atoms with Gasteiger partial charge in [-0.15, -0.1) is 0 Å². The highest BCUT2D eigenvalue weighted by atomic mass is 32.2. The number of H-pyrrole nitrogens is 1. The maximum Gasteiger partial charge on any atom is 0.407 e. The summed E-state index contributed by atoms with van der Waals surface area (Å²) in [5, 5.41) is 22.5. The summed E-state index contributed by atoms with van der Waals surface area (Å²) in [6.07, 6.45) is 1.47. The van der Waals surface area contributed by atoms with Crippen molar-refractivity contribution in [2.24, 2.45) is 11.8 Å². The van der Waals surface area contributed by atoms with Gasteiger partial charge >= 0.3 is 6.09 Å². The monoisotopic (exact) mass is 873 g/mol. The van der Waals surface area contributed by atoms with Gasteiger partial charge in [-0.3, -0.25) is 9.59 Å². The zero-order chi connectivity index (χ0) is 44.2. The number of unbranched alkanes of at least 4 members (excludes halogenated alkanes) is 1. The molecule has 4 atom stereocenters. The van der Waals surface area contributed by atoms with Crippen LogP contribution in [0.5, 0.6) is 0 Å². The summed E-state index contributed by atoms with van der Waals surface area (Å²) < 4.78 is 32.4. The third-order valence-electron chi connectivity index (χ3n) is 10.2. The number of hydrogen-bond acceptors (Lipinski definition) is 10. The van der Waals surface area contributed by atoms with Gasteiger partial charge in [-0.05, 0) is 64.9 Å². The van der Waals surface area contributed by atoms with Crippen molar-refractivity contribution in [2.75, 3.05) is 19.0 Å². The molecule has 2 unspecified atom stereocenters. The highest BCUT2D eigenvalue weighted by molar-refractivity contribution is 7.88. The third kappa shape index (κ3) is 14.0. The number of nitrogens with one attached hydrogen (secondary N) is 5. The minimum Gasteiger partial charge on any atom is -0.808 e. The zero-order valence-corrected chi connectivity index (χ0v) is 36.0. The van der Waals surface area contributed by atoms with Crippen LogP contribution in [0.25, 0.3) is 21.7 Å². The number of rotatable bonds is 21. The molecular formula is C44H52N5O10PS-2. The largest absolute Gasteiger partial charge is 0.808 e. The topological polar surface area (TPSA) is 242 Å². The quantitative estimate of drug-likeness (QED) is 0.0465. The van der Waals surface area contributed by atoms with Gasteiger partial charge in [-0.25, -0.2) is 17.9 Å². The number of carboxylic acids is 1. The third-order valence-corrected chi connectivity index (χ3v) is 12.9. The molecule has 326 valence electrons. The second-order valence-corrected chi connectivity index (χ2v) is 19.5. The van der Waals surface area contributed by atoms with Crippen molar-refractivity contribution in [3.63, 3.8) is 0 Å². The highest BCUT2D eigenvalue weighted by Gasteiger charge is 2.30. The summed E-state index contributed by atoms with van der Waals surface area (Å²) in [5.74, 6) is -4.97. The van der Waals surface area contributed by atoms with Gasteiger partial charge < -0.3 is 45.4 Å². The van der Waals surface area contributed by atoms with Crippen LogP contribution in [0.1, 0.15) is 49.8 Å². The average molecular weight is 874 g/mol. The maximum atomic E-state index is 14.6. The van der Waals surface area contributed by atoms with E-state index in [0.717, 1.165) is 33.5 Å². The first-order valence-electron chi connectivity index (χ1n) is 19.9. The Morgan fingerprint density at radius 3 is 2.25 bits per heavy atom. The van der Waals surface area contributed by atoms with Crippen molar-refractivity contribution in [2.45, 2.75) is 64.6 Å². The van der Waals surface area contributed by atoms with Crippen molar-refractivity contribution in [1.29, 1.82) is 0 Å². The molecule has 1 heterocycles. The molecule has 0 saturated heterocycles. The van der Waals surface area contributed by atoms with Crippen LogP contribution in [0.4, 0.5) is 4.79 Å². The lowest BCUT2D eigenvalue weighted by molar-refractivity contribution is -0.308. The molecule has 5 rings (SSSR count). The number of hydrogen-bond donors (Lipinski definition) is 6. The second kappa shape index (κ2) is 21.3. The lowest BCUT2D eigenvalue weighted by Gasteiger charge is -2.36. The minimum atomic E-state index is -4.65. The number of aromatic amines is 1. The number of fused-ring (bicyclic) bond motifs is 2. The van der Waals surface area contributed by atoms with E-state index in [1.54, 1.807) is 38.2 Å². The smallest absolute Gasteiger partial charge is 0.407 e. The number of ether oxygens (including phenoxy) is 1. The molecule has 0 aliphatic heterocycles. The van der Waals surface area contributed by atoms with Crippen LogP contribution in [0.15, 0.2) is 103 Å². The maximum absolute atomic E-state index is 14.6. The van der Waals surface area contributed by atoms with Crippen LogP contribution in [0.2, 0.25) is 0 Å². The Morgan fingerprint density at radius 2 is 1.54 bits per heavy atom. The molecule has 0 radical (unpaired) electrons. The van der Waals surface area contributed by atoms with Crippen LogP contribution in [-0.4, -0.2) is 78.6 Å². The molecular weight excluding hydrogens is 822 g/mol. The van der Waals surface area contributed by atoms with E-state index >= 15 is 0 Å². The van der Waals surface area contributed by atoms with Crippen LogP contribution in [0.3, 0.4) is 0 Å². The van der Waals surface area contributed by atoms with Gasteiger partial charge in [0.15, 0.2) is 0 Å². The lowest BCUT2D eigenvalue weighted by atomic mass is 9.96. The molecule has 15 nitrogen and oxygen atoms in total. The summed E-state index contributed by atoms with van der Waals surface area (Å²) in [7, 11) is -8.61. The molecule has 6 N–H and O–H groups in total. The number of amides is 3. The molecule has 0 aliphatic carbocycles. The summed E-state index contributed by atoms with van der Waals surface area (Å²) in [6.45, 7) is 3.56. The minimum absolute atomic E-state index is 0.0311. The Balaban J connectivity index is 1.35. The van der Waals surface area contributed by atoms with E-state index in [2.05, 4.69) is 25.7 Å². The molecule has 0 fully saturated rings. The van der Waals surface area contributed by atoms with Gasteiger partial charge in [-0.1, -0.05) is 112 Å². The first-order chi connectivity index (χ1) is 29.0. The molecule has 17 heteroatoms. The number of benzene rings is 4. The van der Waals surface area contributed by atoms with Crippen molar-refractivity contribution in [3.05, 3.63) is 120 Å². The number of carbonyl (C=O) groups is 4.